The maximum Gasteiger partial charge on any atom is 0.241 e. The number of rotatable bonds is 3. The second-order valence-electron chi connectivity index (χ2n) is 7.34. The summed E-state index contributed by atoms with van der Waals surface area (Å²) in [5.74, 6) is -0.0000722. The van der Waals surface area contributed by atoms with Gasteiger partial charge in [0.05, 0.1) is 24.1 Å². The monoisotopic (exact) mass is 404 g/mol. The van der Waals surface area contributed by atoms with Gasteiger partial charge in [-0.1, -0.05) is 41.4 Å². The number of benzene rings is 2. The summed E-state index contributed by atoms with van der Waals surface area (Å²) < 4.78 is 24.8. The first-order valence-electron chi connectivity index (χ1n) is 8.90. The average Bonchev–Trinajstić information content (AvgIpc) is 2.93. The third kappa shape index (κ3) is 3.74. The predicted octanol–water partition coefficient (Wildman–Crippen LogP) is 2.66. The number of sulfone groups is 1. The Morgan fingerprint density at radius 3 is 2.30 bits per heavy atom. The highest BCUT2D eigenvalue weighted by Gasteiger charge is 2.49. The van der Waals surface area contributed by atoms with E-state index in [0.29, 0.717) is 17.3 Å². The lowest BCUT2D eigenvalue weighted by Gasteiger charge is -2.43. The smallest absolute Gasteiger partial charge is 0.241 e. The Morgan fingerprint density at radius 1 is 1.00 bits per heavy atom. The topological polar surface area (TPSA) is 57.7 Å². The fraction of sp³-hybridized carbons (Fsp3) is 0.350. The molecule has 0 saturated carbocycles. The van der Waals surface area contributed by atoms with E-state index in [0.717, 1.165) is 5.56 Å². The first kappa shape index (κ1) is 18.5. The normalized spacial score (nSPS) is 24.8. The number of anilines is 1. The molecule has 2 atom stereocenters. The van der Waals surface area contributed by atoms with Gasteiger partial charge in [-0.3, -0.25) is 9.69 Å². The summed E-state index contributed by atoms with van der Waals surface area (Å²) in [4.78, 5) is 16.6. The molecular formula is C20H21ClN2O3S. The van der Waals surface area contributed by atoms with E-state index in [1.807, 2.05) is 36.1 Å². The van der Waals surface area contributed by atoms with Gasteiger partial charge >= 0.3 is 0 Å². The molecule has 0 N–H and O–H groups in total. The molecule has 2 aromatic rings. The van der Waals surface area contributed by atoms with Crippen LogP contribution in [0.5, 0.6) is 0 Å². The minimum Gasteiger partial charge on any atom is -0.306 e. The number of halogens is 1. The van der Waals surface area contributed by atoms with Crippen molar-refractivity contribution in [2.45, 2.75) is 25.6 Å². The maximum atomic E-state index is 12.9. The van der Waals surface area contributed by atoms with Crippen LogP contribution < -0.4 is 4.90 Å². The van der Waals surface area contributed by atoms with E-state index in [1.165, 1.54) is 5.56 Å². The summed E-state index contributed by atoms with van der Waals surface area (Å²) in [7, 11) is -3.19. The molecule has 1 amide bonds. The number of nitrogens with zero attached hydrogens (tertiary/aromatic N) is 2. The highest BCUT2D eigenvalue weighted by Crippen LogP contribution is 2.33. The van der Waals surface area contributed by atoms with Gasteiger partial charge in [0.1, 0.15) is 0 Å². The van der Waals surface area contributed by atoms with E-state index >= 15 is 0 Å². The van der Waals surface area contributed by atoms with Gasteiger partial charge in [-0.2, -0.15) is 0 Å². The minimum atomic E-state index is -3.19. The van der Waals surface area contributed by atoms with Crippen LogP contribution in [0.25, 0.3) is 0 Å². The highest BCUT2D eigenvalue weighted by atomic mass is 35.5. The van der Waals surface area contributed by atoms with Crippen LogP contribution in [0.1, 0.15) is 11.1 Å². The number of carbonyl (C=O) groups excluding carboxylic acids is 1. The first-order valence-corrected chi connectivity index (χ1v) is 11.1. The molecule has 0 aromatic heterocycles. The molecule has 2 aliphatic rings. The van der Waals surface area contributed by atoms with Crippen molar-refractivity contribution in [3.05, 3.63) is 64.7 Å². The molecule has 2 saturated heterocycles. The first-order chi connectivity index (χ1) is 12.8. The van der Waals surface area contributed by atoms with Crippen LogP contribution in [0, 0.1) is 6.92 Å². The van der Waals surface area contributed by atoms with Crippen molar-refractivity contribution in [3.8, 4) is 0 Å². The molecule has 142 valence electrons. The third-order valence-electron chi connectivity index (χ3n) is 5.31. The highest BCUT2D eigenvalue weighted by molar-refractivity contribution is 7.91. The molecule has 0 radical (unpaired) electrons. The van der Waals surface area contributed by atoms with Crippen molar-refractivity contribution >= 4 is 33.0 Å². The van der Waals surface area contributed by atoms with Gasteiger partial charge in [-0.15, -0.1) is 0 Å². The number of fused-ring (bicyclic) bond motifs is 1. The van der Waals surface area contributed by atoms with E-state index in [4.69, 9.17) is 11.6 Å². The van der Waals surface area contributed by atoms with Gasteiger partial charge in [0, 0.05) is 23.3 Å². The van der Waals surface area contributed by atoms with E-state index in [1.54, 1.807) is 29.2 Å². The van der Waals surface area contributed by atoms with Crippen LogP contribution in [0.2, 0.25) is 5.02 Å². The summed E-state index contributed by atoms with van der Waals surface area (Å²) in [6.07, 6.45) is 0. The summed E-state index contributed by atoms with van der Waals surface area (Å²) in [6, 6.07) is 14.5. The van der Waals surface area contributed by atoms with Crippen LogP contribution in [0.3, 0.4) is 0 Å². The molecule has 2 aromatic carbocycles. The third-order valence-corrected chi connectivity index (χ3v) is 7.26. The largest absolute Gasteiger partial charge is 0.306 e. The fourth-order valence-electron chi connectivity index (χ4n) is 4.00. The zero-order valence-corrected chi connectivity index (χ0v) is 16.6. The second kappa shape index (κ2) is 6.93. The predicted molar refractivity (Wildman–Crippen MR) is 107 cm³/mol. The number of hydrogen-bond acceptors (Lipinski definition) is 4. The van der Waals surface area contributed by atoms with Crippen molar-refractivity contribution in [2.24, 2.45) is 0 Å². The van der Waals surface area contributed by atoms with Gasteiger partial charge in [0.15, 0.2) is 9.84 Å². The zero-order chi connectivity index (χ0) is 19.2. The number of amides is 1. The van der Waals surface area contributed by atoms with E-state index < -0.39 is 9.84 Å². The maximum absolute atomic E-state index is 12.9. The number of aryl methyl sites for hydroxylation is 1. The van der Waals surface area contributed by atoms with Crippen molar-refractivity contribution < 1.29 is 13.2 Å². The number of carbonyl (C=O) groups is 1. The minimum absolute atomic E-state index is 0.00354. The standard InChI is InChI=1S/C20H21ClN2O3S/c1-14-2-4-15(5-3-14)10-22-11-20(24)23(17-8-6-16(21)7-9-17)19-13-27(25,26)12-18(19)22/h2-9,18-19H,10-13H2,1H3/t18-,19+/m0/s1. The van der Waals surface area contributed by atoms with Crippen LogP contribution in [-0.2, 0) is 21.2 Å². The molecule has 0 spiro atoms. The lowest BCUT2D eigenvalue weighted by molar-refractivity contribution is -0.123. The molecule has 5 nitrogen and oxygen atoms in total. The molecule has 0 unspecified atom stereocenters. The van der Waals surface area contributed by atoms with Crippen molar-refractivity contribution in [3.63, 3.8) is 0 Å². The molecule has 2 aliphatic heterocycles. The van der Waals surface area contributed by atoms with Gasteiger partial charge in [0.2, 0.25) is 5.91 Å². The Kier molecular flexibility index (Phi) is 4.74. The molecule has 2 heterocycles. The molecule has 0 aliphatic carbocycles. The Hall–Kier alpha value is -1.89. The molecule has 7 heteroatoms. The van der Waals surface area contributed by atoms with Gasteiger partial charge < -0.3 is 4.90 Å². The summed E-state index contributed by atoms with van der Waals surface area (Å²) in [5, 5.41) is 0.583. The van der Waals surface area contributed by atoms with Gasteiger partial charge in [0.25, 0.3) is 0 Å². The quantitative estimate of drug-likeness (QED) is 0.789. The van der Waals surface area contributed by atoms with E-state index in [9.17, 15) is 13.2 Å². The van der Waals surface area contributed by atoms with E-state index in [-0.39, 0.29) is 36.0 Å². The van der Waals surface area contributed by atoms with Crippen LogP contribution in [-0.4, -0.2) is 49.4 Å². The fourth-order valence-corrected chi connectivity index (χ4v) is 6.10. The summed E-state index contributed by atoms with van der Waals surface area (Å²) >= 11 is 5.96. The van der Waals surface area contributed by atoms with Crippen LogP contribution in [0.15, 0.2) is 48.5 Å². The average molecular weight is 405 g/mol. The zero-order valence-electron chi connectivity index (χ0n) is 15.0. The SMILES string of the molecule is Cc1ccc(CN2CC(=O)N(c3ccc(Cl)cc3)[C@@H]3CS(=O)(=O)C[C@@H]32)cc1. The number of hydrogen-bond donors (Lipinski definition) is 0. The van der Waals surface area contributed by atoms with Gasteiger partial charge in [-0.25, -0.2) is 8.42 Å². The molecule has 27 heavy (non-hydrogen) atoms. The summed E-state index contributed by atoms with van der Waals surface area (Å²) in [5.41, 5.74) is 2.95. The lowest BCUT2D eigenvalue weighted by atomic mass is 10.0. The summed E-state index contributed by atoms with van der Waals surface area (Å²) in [6.45, 7) is 2.79. The van der Waals surface area contributed by atoms with Crippen molar-refractivity contribution in [2.75, 3.05) is 23.0 Å². The van der Waals surface area contributed by atoms with E-state index in [2.05, 4.69) is 0 Å². The lowest BCUT2D eigenvalue weighted by Crippen LogP contribution is -2.61. The van der Waals surface area contributed by atoms with Crippen molar-refractivity contribution in [1.29, 1.82) is 0 Å². The Morgan fingerprint density at radius 2 is 1.63 bits per heavy atom. The number of piperazine rings is 1. The molecule has 4 rings (SSSR count). The second-order valence-corrected chi connectivity index (χ2v) is 9.93. The molecule has 2 fully saturated rings. The van der Waals surface area contributed by atoms with Crippen molar-refractivity contribution in [1.82, 2.24) is 4.90 Å². The molecular weight excluding hydrogens is 384 g/mol. The Bertz CT molecular complexity index is 958. The van der Waals surface area contributed by atoms with Crippen LogP contribution in [0.4, 0.5) is 5.69 Å². The Balaban J connectivity index is 1.65. The van der Waals surface area contributed by atoms with Crippen LogP contribution >= 0.6 is 11.6 Å². The Labute approximate surface area is 164 Å². The van der Waals surface area contributed by atoms with Gasteiger partial charge in [-0.05, 0) is 36.8 Å². The molecule has 0 bridgehead atoms.